The Morgan fingerprint density at radius 1 is 1.06 bits per heavy atom. The van der Waals surface area contributed by atoms with Gasteiger partial charge in [0.05, 0.1) is 24.6 Å². The molecule has 1 unspecified atom stereocenters. The van der Waals surface area contributed by atoms with Gasteiger partial charge in [-0.3, -0.25) is 19.2 Å². The molecule has 0 saturated heterocycles. The Balaban J connectivity index is 1.53. The Bertz CT molecular complexity index is 1530. The number of rotatable bonds is 8. The first-order valence-electron chi connectivity index (χ1n) is 10.6. The molecule has 11 nitrogen and oxygen atoms in total. The fourth-order valence-corrected chi connectivity index (χ4v) is 3.50. The molecule has 0 aliphatic rings. The number of hydrogen-bond acceptors (Lipinski definition) is 8. The number of H-pyrrole nitrogens is 1. The van der Waals surface area contributed by atoms with Crippen LogP contribution < -0.4 is 20.8 Å². The van der Waals surface area contributed by atoms with Crippen LogP contribution >= 0.6 is 0 Å². The summed E-state index contributed by atoms with van der Waals surface area (Å²) >= 11 is 0. The molecule has 11 heteroatoms. The number of anilines is 1. The first kappa shape index (κ1) is 24.4. The quantitative estimate of drug-likeness (QED) is 0.164. The number of Topliss-reactive ketones (excluding diaryl/α,β-unsaturated/α-hetero) is 1. The number of nitrogens with zero attached hydrogens (tertiary/aromatic N) is 1. The zero-order valence-corrected chi connectivity index (χ0v) is 18.9. The summed E-state index contributed by atoms with van der Waals surface area (Å²) in [5, 5.41) is 21.8. The van der Waals surface area contributed by atoms with Gasteiger partial charge in [-0.05, 0) is 30.3 Å². The summed E-state index contributed by atoms with van der Waals surface area (Å²) in [6.07, 6.45) is -0.611. The Kier molecular flexibility index (Phi) is 6.97. The second-order valence-electron chi connectivity index (χ2n) is 7.71. The molecule has 3 aromatic carbocycles. The predicted molar refractivity (Wildman–Crippen MR) is 128 cm³/mol. The van der Waals surface area contributed by atoms with Crippen molar-refractivity contribution >= 4 is 39.9 Å². The van der Waals surface area contributed by atoms with Gasteiger partial charge in [-0.15, -0.1) is 0 Å². The highest BCUT2D eigenvalue weighted by Crippen LogP contribution is 2.24. The number of aromatic nitrogens is 2. The van der Waals surface area contributed by atoms with E-state index in [9.17, 15) is 29.6 Å². The van der Waals surface area contributed by atoms with E-state index in [0.29, 0.717) is 22.2 Å². The summed E-state index contributed by atoms with van der Waals surface area (Å²) in [5.74, 6) is -2.06. The topological polar surface area (TPSA) is 166 Å². The van der Waals surface area contributed by atoms with Crippen molar-refractivity contribution in [1.82, 2.24) is 9.97 Å². The van der Waals surface area contributed by atoms with Crippen LogP contribution in [0.25, 0.3) is 11.0 Å². The van der Waals surface area contributed by atoms with Gasteiger partial charge in [0, 0.05) is 17.2 Å². The molecule has 4 aromatic rings. The van der Waals surface area contributed by atoms with E-state index >= 15 is 0 Å². The van der Waals surface area contributed by atoms with Crippen LogP contribution in [-0.4, -0.2) is 39.8 Å². The smallest absolute Gasteiger partial charge is 0.292 e. The van der Waals surface area contributed by atoms with E-state index in [0.717, 1.165) is 0 Å². The standard InChI is InChI=1S/C25H20N4O7/c1-36-16-8-10-18(21(12-16)29(34)35)27-25(33)22(30)13-20-24(32)28-19-11-15(7-9-17(19)26-20)23(31)14-5-3-2-4-6-14/h2-12,29,34H,13H2,1H3,(H,27,33)(H,28,32). The third kappa shape index (κ3) is 5.18. The molecule has 0 aliphatic carbocycles. The second kappa shape index (κ2) is 10.3. The fraction of sp³-hybridized carbons (Fsp3) is 0.0800. The van der Waals surface area contributed by atoms with Crippen LogP contribution in [0, 0.1) is 5.21 Å². The van der Waals surface area contributed by atoms with Crippen LogP contribution in [-0.2, 0) is 16.0 Å². The maximum Gasteiger partial charge on any atom is 0.292 e. The molecule has 1 heterocycles. The molecule has 182 valence electrons. The van der Waals surface area contributed by atoms with Crippen molar-refractivity contribution in [2.45, 2.75) is 6.42 Å². The molecule has 1 atom stereocenters. The average Bonchev–Trinajstić information content (AvgIpc) is 2.88. The van der Waals surface area contributed by atoms with Crippen molar-refractivity contribution in [2.75, 3.05) is 12.4 Å². The van der Waals surface area contributed by atoms with Gasteiger partial charge in [0.15, 0.2) is 11.5 Å². The van der Waals surface area contributed by atoms with Crippen LogP contribution in [0.5, 0.6) is 5.75 Å². The lowest BCUT2D eigenvalue weighted by Crippen LogP contribution is -2.99. The minimum absolute atomic E-state index is 0.0994. The highest BCUT2D eigenvalue weighted by molar-refractivity contribution is 6.41. The minimum atomic E-state index is -1.32. The minimum Gasteiger partial charge on any atom is -0.595 e. The summed E-state index contributed by atoms with van der Waals surface area (Å²) in [7, 11) is 1.36. The number of amides is 1. The number of quaternary nitrogens is 1. The van der Waals surface area contributed by atoms with Gasteiger partial charge in [-0.2, -0.15) is 5.23 Å². The number of benzene rings is 3. The van der Waals surface area contributed by atoms with E-state index in [2.05, 4.69) is 15.3 Å². The third-order valence-electron chi connectivity index (χ3n) is 5.35. The number of fused-ring (bicyclic) bond motifs is 1. The number of hydrogen-bond donors (Lipinski definition) is 4. The van der Waals surface area contributed by atoms with Gasteiger partial charge in [-0.25, -0.2) is 10.2 Å². The fourth-order valence-electron chi connectivity index (χ4n) is 3.50. The van der Waals surface area contributed by atoms with Gasteiger partial charge in [-0.1, -0.05) is 30.3 Å². The molecule has 36 heavy (non-hydrogen) atoms. The highest BCUT2D eigenvalue weighted by atomic mass is 16.8. The van der Waals surface area contributed by atoms with Crippen LogP contribution in [0.3, 0.4) is 0 Å². The van der Waals surface area contributed by atoms with Crippen LogP contribution in [0.2, 0.25) is 0 Å². The first-order chi connectivity index (χ1) is 17.3. The molecule has 0 fully saturated rings. The van der Waals surface area contributed by atoms with Crippen molar-refractivity contribution < 1.29 is 29.6 Å². The maximum absolute atomic E-state index is 12.7. The Morgan fingerprint density at radius 2 is 1.81 bits per heavy atom. The van der Waals surface area contributed by atoms with Crippen LogP contribution in [0.15, 0.2) is 71.5 Å². The Labute approximate surface area is 203 Å². The molecular weight excluding hydrogens is 468 g/mol. The van der Waals surface area contributed by atoms with E-state index in [1.807, 2.05) is 0 Å². The van der Waals surface area contributed by atoms with Gasteiger partial charge in [0.25, 0.3) is 11.5 Å². The van der Waals surface area contributed by atoms with Crippen molar-refractivity contribution in [3.05, 3.63) is 99.1 Å². The SMILES string of the molecule is COc1ccc(NC(=O)C(=O)Cc2nc3ccc(C(=O)c4ccccc4)cc3[nH]c2=O)c([NH+]([O-])O)c1. The summed E-state index contributed by atoms with van der Waals surface area (Å²) in [4.78, 5) is 56.9. The largest absolute Gasteiger partial charge is 0.595 e. The van der Waals surface area contributed by atoms with Crippen molar-refractivity contribution in [2.24, 2.45) is 0 Å². The summed E-state index contributed by atoms with van der Waals surface area (Å²) in [6.45, 7) is 0. The van der Waals surface area contributed by atoms with Gasteiger partial charge < -0.3 is 20.2 Å². The van der Waals surface area contributed by atoms with Crippen molar-refractivity contribution in [1.29, 1.82) is 0 Å². The molecule has 0 radical (unpaired) electrons. The number of carbonyl (C=O) groups is 3. The first-order valence-corrected chi connectivity index (χ1v) is 10.6. The summed E-state index contributed by atoms with van der Waals surface area (Å²) in [6, 6.07) is 17.2. The molecule has 1 amide bonds. The van der Waals surface area contributed by atoms with E-state index in [1.54, 1.807) is 36.4 Å². The van der Waals surface area contributed by atoms with Gasteiger partial charge in [0.1, 0.15) is 17.1 Å². The molecule has 1 aromatic heterocycles. The lowest BCUT2D eigenvalue weighted by atomic mass is 10.0. The number of aromatic amines is 1. The van der Waals surface area contributed by atoms with Gasteiger partial charge in [0.2, 0.25) is 5.78 Å². The van der Waals surface area contributed by atoms with Crippen LogP contribution in [0.4, 0.5) is 11.4 Å². The number of nitrogens with one attached hydrogen (secondary N) is 3. The molecule has 0 bridgehead atoms. The normalized spacial score (nSPS) is 11.6. The zero-order chi connectivity index (χ0) is 25.8. The molecule has 0 saturated carbocycles. The monoisotopic (exact) mass is 488 g/mol. The van der Waals surface area contributed by atoms with E-state index < -0.39 is 28.9 Å². The van der Waals surface area contributed by atoms with E-state index in [4.69, 9.17) is 4.74 Å². The third-order valence-corrected chi connectivity index (χ3v) is 5.35. The lowest BCUT2D eigenvalue weighted by Gasteiger charge is -2.16. The lowest BCUT2D eigenvalue weighted by molar-refractivity contribution is -0.990. The average molecular weight is 488 g/mol. The van der Waals surface area contributed by atoms with Crippen molar-refractivity contribution in [3.8, 4) is 5.75 Å². The molecular formula is C25H20N4O7. The van der Waals surface area contributed by atoms with Crippen molar-refractivity contribution in [3.63, 3.8) is 0 Å². The zero-order valence-electron chi connectivity index (χ0n) is 18.9. The van der Waals surface area contributed by atoms with E-state index in [-0.39, 0.29) is 28.6 Å². The predicted octanol–water partition coefficient (Wildman–Crippen LogP) is 1.32. The maximum atomic E-state index is 12.7. The molecule has 4 rings (SSSR count). The summed E-state index contributed by atoms with van der Waals surface area (Å²) < 4.78 is 4.97. The number of ketones is 2. The summed E-state index contributed by atoms with van der Waals surface area (Å²) in [5.41, 5.74) is 0.209. The molecule has 0 spiro atoms. The highest BCUT2D eigenvalue weighted by Gasteiger charge is 2.21. The van der Waals surface area contributed by atoms with Gasteiger partial charge >= 0.3 is 0 Å². The number of methoxy groups -OCH3 is 1. The Hall–Kier alpha value is -4.71. The molecule has 4 N–H and O–H groups in total. The Morgan fingerprint density at radius 3 is 2.50 bits per heavy atom. The number of carbonyl (C=O) groups excluding carboxylic acids is 3. The number of ether oxygens (including phenoxy) is 1. The van der Waals surface area contributed by atoms with Crippen LogP contribution in [0.1, 0.15) is 21.6 Å². The second-order valence-corrected chi connectivity index (χ2v) is 7.71. The molecule has 0 aliphatic heterocycles. The van der Waals surface area contributed by atoms with E-state index in [1.165, 1.54) is 37.4 Å².